The van der Waals surface area contributed by atoms with Gasteiger partial charge in [-0.05, 0) is 42.0 Å². The Hall–Kier alpha value is -3.06. The van der Waals surface area contributed by atoms with Crippen molar-refractivity contribution in [2.75, 3.05) is 6.79 Å². The average molecular weight is 277 g/mol. The van der Waals surface area contributed by atoms with Crippen molar-refractivity contribution in [1.29, 1.82) is 5.26 Å². The van der Waals surface area contributed by atoms with E-state index < -0.39 is 0 Å². The predicted molar refractivity (Wildman–Crippen MR) is 77.1 cm³/mol. The Kier molecular flexibility index (Phi) is 3.40. The average Bonchev–Trinajstić information content (AvgIpc) is 3.00. The first kappa shape index (κ1) is 12.9. The van der Waals surface area contributed by atoms with Gasteiger partial charge in [-0.3, -0.25) is 4.79 Å². The molecule has 0 atom stereocenters. The van der Waals surface area contributed by atoms with Crippen molar-refractivity contribution < 1.29 is 14.3 Å². The molecule has 0 fully saturated rings. The second-order valence-electron chi connectivity index (χ2n) is 4.50. The Labute approximate surface area is 121 Å². The van der Waals surface area contributed by atoms with Crippen LogP contribution in [0.1, 0.15) is 21.5 Å². The van der Waals surface area contributed by atoms with Gasteiger partial charge in [-0.1, -0.05) is 18.2 Å². The molecule has 3 rings (SSSR count). The topological polar surface area (TPSA) is 59.3 Å². The molecule has 0 unspecified atom stereocenters. The van der Waals surface area contributed by atoms with Gasteiger partial charge in [-0.25, -0.2) is 0 Å². The van der Waals surface area contributed by atoms with E-state index in [2.05, 4.69) is 6.07 Å². The van der Waals surface area contributed by atoms with Crippen molar-refractivity contribution in [2.45, 2.75) is 0 Å². The van der Waals surface area contributed by atoms with Gasteiger partial charge in [0.1, 0.15) is 0 Å². The molecule has 0 bridgehead atoms. The monoisotopic (exact) mass is 277 g/mol. The normalized spacial score (nSPS) is 12.3. The van der Waals surface area contributed by atoms with E-state index in [0.29, 0.717) is 22.6 Å². The van der Waals surface area contributed by atoms with Crippen molar-refractivity contribution in [3.05, 3.63) is 65.2 Å². The maximum absolute atomic E-state index is 12.1. The molecule has 1 aliphatic rings. The highest BCUT2D eigenvalue weighted by molar-refractivity contribution is 6.07. The molecular weight excluding hydrogens is 266 g/mol. The number of ether oxygens (including phenoxy) is 2. The van der Waals surface area contributed by atoms with Crippen molar-refractivity contribution in [3.63, 3.8) is 0 Å². The lowest BCUT2D eigenvalue weighted by Gasteiger charge is -1.99. The molecule has 0 saturated heterocycles. The Bertz CT molecular complexity index is 755. The number of nitriles is 1. The maximum atomic E-state index is 12.1. The largest absolute Gasteiger partial charge is 0.454 e. The standard InChI is InChI=1S/C17H11NO3/c18-10-13-3-1-12(2-4-13)5-7-15(19)14-6-8-16-17(9-14)21-11-20-16/h1-9H,11H2. The smallest absolute Gasteiger partial charge is 0.231 e. The molecule has 2 aromatic rings. The van der Waals surface area contributed by atoms with Crippen LogP contribution in [0.3, 0.4) is 0 Å². The SMILES string of the molecule is N#Cc1ccc(C=CC(=O)c2ccc3c(c2)OCO3)cc1. The molecule has 4 nitrogen and oxygen atoms in total. The molecule has 4 heteroatoms. The molecule has 0 amide bonds. The van der Waals surface area contributed by atoms with E-state index in [9.17, 15) is 4.79 Å². The molecule has 0 spiro atoms. The third-order valence-electron chi connectivity index (χ3n) is 3.12. The van der Waals surface area contributed by atoms with Crippen LogP contribution in [0.5, 0.6) is 11.5 Å². The zero-order chi connectivity index (χ0) is 14.7. The lowest BCUT2D eigenvalue weighted by atomic mass is 10.1. The van der Waals surface area contributed by atoms with Gasteiger partial charge in [0.25, 0.3) is 0 Å². The first-order chi connectivity index (χ1) is 10.3. The summed E-state index contributed by atoms with van der Waals surface area (Å²) in [4.78, 5) is 12.1. The Morgan fingerprint density at radius 2 is 1.86 bits per heavy atom. The molecule has 2 aromatic carbocycles. The highest BCUT2D eigenvalue weighted by atomic mass is 16.7. The number of hydrogen-bond acceptors (Lipinski definition) is 4. The van der Waals surface area contributed by atoms with E-state index in [1.165, 1.54) is 6.08 Å². The van der Waals surface area contributed by atoms with Crippen LogP contribution in [0.25, 0.3) is 6.08 Å². The highest BCUT2D eigenvalue weighted by Gasteiger charge is 2.14. The van der Waals surface area contributed by atoms with E-state index in [-0.39, 0.29) is 12.6 Å². The molecule has 0 aromatic heterocycles. The summed E-state index contributed by atoms with van der Waals surface area (Å²) in [7, 11) is 0. The molecule has 0 N–H and O–H groups in total. The molecule has 0 saturated carbocycles. The lowest BCUT2D eigenvalue weighted by molar-refractivity contribution is 0.104. The van der Waals surface area contributed by atoms with Crippen molar-refractivity contribution in [2.24, 2.45) is 0 Å². The highest BCUT2D eigenvalue weighted by Crippen LogP contribution is 2.32. The van der Waals surface area contributed by atoms with Crippen molar-refractivity contribution >= 4 is 11.9 Å². The Morgan fingerprint density at radius 1 is 1.10 bits per heavy atom. The number of allylic oxidation sites excluding steroid dienone is 1. The van der Waals surface area contributed by atoms with Gasteiger partial charge in [0.05, 0.1) is 11.6 Å². The maximum Gasteiger partial charge on any atom is 0.231 e. The molecule has 21 heavy (non-hydrogen) atoms. The van der Waals surface area contributed by atoms with Gasteiger partial charge >= 0.3 is 0 Å². The fraction of sp³-hybridized carbons (Fsp3) is 0.0588. The number of carbonyl (C=O) groups excluding carboxylic acids is 1. The zero-order valence-corrected chi connectivity index (χ0v) is 11.1. The summed E-state index contributed by atoms with van der Waals surface area (Å²) in [5.41, 5.74) is 2.00. The number of hydrogen-bond donors (Lipinski definition) is 0. The summed E-state index contributed by atoms with van der Waals surface area (Å²) in [6.45, 7) is 0.189. The Morgan fingerprint density at radius 3 is 2.62 bits per heavy atom. The summed E-state index contributed by atoms with van der Waals surface area (Å²) in [5, 5.41) is 8.73. The van der Waals surface area contributed by atoms with E-state index in [1.807, 2.05) is 0 Å². The van der Waals surface area contributed by atoms with Gasteiger partial charge in [-0.2, -0.15) is 5.26 Å². The minimum atomic E-state index is -0.113. The minimum Gasteiger partial charge on any atom is -0.454 e. The van der Waals surface area contributed by atoms with Crippen LogP contribution in [-0.2, 0) is 0 Å². The van der Waals surface area contributed by atoms with E-state index in [4.69, 9.17) is 14.7 Å². The summed E-state index contributed by atoms with van der Waals surface area (Å²) in [6, 6.07) is 14.2. The number of fused-ring (bicyclic) bond motifs is 1. The summed E-state index contributed by atoms with van der Waals surface area (Å²) < 4.78 is 10.5. The summed E-state index contributed by atoms with van der Waals surface area (Å²) >= 11 is 0. The lowest BCUT2D eigenvalue weighted by Crippen LogP contribution is -1.94. The molecule has 0 aliphatic carbocycles. The van der Waals surface area contributed by atoms with E-state index in [0.717, 1.165) is 5.56 Å². The van der Waals surface area contributed by atoms with Crippen molar-refractivity contribution in [1.82, 2.24) is 0 Å². The van der Waals surface area contributed by atoms with Gasteiger partial charge in [0, 0.05) is 5.56 Å². The van der Waals surface area contributed by atoms with Gasteiger partial charge < -0.3 is 9.47 Å². The number of nitrogens with zero attached hydrogens (tertiary/aromatic N) is 1. The van der Waals surface area contributed by atoms with Crippen LogP contribution in [0.2, 0.25) is 0 Å². The Balaban J connectivity index is 1.76. The number of carbonyl (C=O) groups is 1. The molecule has 102 valence electrons. The minimum absolute atomic E-state index is 0.113. The van der Waals surface area contributed by atoms with Crippen LogP contribution < -0.4 is 9.47 Å². The summed E-state index contributed by atoms with van der Waals surface area (Å²) in [6.07, 6.45) is 3.22. The van der Waals surface area contributed by atoms with Crippen LogP contribution in [-0.4, -0.2) is 12.6 Å². The van der Waals surface area contributed by atoms with E-state index in [1.54, 1.807) is 48.5 Å². The van der Waals surface area contributed by atoms with Gasteiger partial charge in [-0.15, -0.1) is 0 Å². The molecule has 1 heterocycles. The van der Waals surface area contributed by atoms with Gasteiger partial charge in [0.2, 0.25) is 6.79 Å². The predicted octanol–water partition coefficient (Wildman–Crippen LogP) is 3.18. The zero-order valence-electron chi connectivity index (χ0n) is 11.1. The van der Waals surface area contributed by atoms with Crippen molar-refractivity contribution in [3.8, 4) is 17.6 Å². The second kappa shape index (κ2) is 5.51. The quantitative estimate of drug-likeness (QED) is 0.638. The third-order valence-corrected chi connectivity index (χ3v) is 3.12. The fourth-order valence-corrected chi connectivity index (χ4v) is 1.99. The van der Waals surface area contributed by atoms with E-state index >= 15 is 0 Å². The number of benzene rings is 2. The fourth-order valence-electron chi connectivity index (χ4n) is 1.99. The molecule has 0 radical (unpaired) electrons. The number of rotatable bonds is 3. The second-order valence-corrected chi connectivity index (χ2v) is 4.50. The van der Waals surface area contributed by atoms with Gasteiger partial charge in [0.15, 0.2) is 17.3 Å². The van der Waals surface area contributed by atoms with Crippen LogP contribution in [0.15, 0.2) is 48.5 Å². The molecular formula is C17H11NO3. The van der Waals surface area contributed by atoms with Crippen LogP contribution in [0, 0.1) is 11.3 Å². The summed E-state index contributed by atoms with van der Waals surface area (Å²) in [5.74, 6) is 1.13. The van der Waals surface area contributed by atoms with Crippen LogP contribution in [0.4, 0.5) is 0 Å². The number of ketones is 1. The molecule has 1 aliphatic heterocycles. The van der Waals surface area contributed by atoms with Crippen LogP contribution >= 0.6 is 0 Å². The first-order valence-corrected chi connectivity index (χ1v) is 6.38. The first-order valence-electron chi connectivity index (χ1n) is 6.38. The third kappa shape index (κ3) is 2.77.